The first-order valence-electron chi connectivity index (χ1n) is 8.93. The Balaban J connectivity index is 2.78. The van der Waals surface area contributed by atoms with Crippen molar-refractivity contribution in [2.45, 2.75) is 31.0 Å². The zero-order valence-corrected chi connectivity index (χ0v) is 16.0. The number of rotatable bonds is 12. The van der Waals surface area contributed by atoms with E-state index in [1.807, 2.05) is 5.32 Å². The molecule has 0 aliphatic rings. The molecule has 164 valence electrons. The summed E-state index contributed by atoms with van der Waals surface area (Å²) in [6.07, 6.45) is -0.344. The van der Waals surface area contributed by atoms with Gasteiger partial charge in [0.15, 0.2) is 0 Å². The second kappa shape index (κ2) is 12.1. The Kier molecular flexibility index (Phi) is 9.92. The number of hydrogen-bond donors (Lipinski definition) is 7. The lowest BCUT2D eigenvalue weighted by Gasteiger charge is -2.21. The number of aliphatic hydroxyl groups excluding tert-OH is 1. The van der Waals surface area contributed by atoms with E-state index in [0.717, 1.165) is 0 Å². The van der Waals surface area contributed by atoms with Crippen molar-refractivity contribution >= 4 is 29.6 Å². The molecule has 1 aromatic carbocycles. The van der Waals surface area contributed by atoms with Crippen LogP contribution in [-0.2, 0) is 30.4 Å². The molecule has 0 aromatic heterocycles. The Morgan fingerprint density at radius 1 is 0.967 bits per heavy atom. The van der Waals surface area contributed by atoms with Gasteiger partial charge in [0.2, 0.25) is 23.6 Å². The standard InChI is InChI=1S/C18H25N5O7/c19-11(7-14(20)25)16(27)23-12(6-10-4-2-1-3-5-10)17(28)21-8-15(26)22-13(9-24)18(29)30/h1-5,11-13,24H,6-9,19H2,(H2,20,25)(H,21,28)(H,22,26)(H,23,27)(H,29,30). The van der Waals surface area contributed by atoms with Gasteiger partial charge in [-0.05, 0) is 5.56 Å². The minimum Gasteiger partial charge on any atom is -0.480 e. The molecule has 30 heavy (non-hydrogen) atoms. The Bertz CT molecular complexity index is 771. The molecule has 3 unspecified atom stereocenters. The zero-order valence-electron chi connectivity index (χ0n) is 16.0. The van der Waals surface area contributed by atoms with Crippen molar-refractivity contribution in [1.82, 2.24) is 16.0 Å². The van der Waals surface area contributed by atoms with Crippen LogP contribution < -0.4 is 27.4 Å². The first-order valence-corrected chi connectivity index (χ1v) is 8.93. The number of carboxylic acids is 1. The molecule has 0 aliphatic heterocycles. The fraction of sp³-hybridized carbons (Fsp3) is 0.389. The van der Waals surface area contributed by atoms with Crippen molar-refractivity contribution in [2.24, 2.45) is 11.5 Å². The van der Waals surface area contributed by atoms with Crippen LogP contribution in [0.25, 0.3) is 0 Å². The second-order valence-electron chi connectivity index (χ2n) is 6.39. The van der Waals surface area contributed by atoms with Gasteiger partial charge in [-0.3, -0.25) is 19.2 Å². The zero-order chi connectivity index (χ0) is 22.7. The molecule has 0 saturated heterocycles. The summed E-state index contributed by atoms with van der Waals surface area (Å²) in [5, 5.41) is 24.5. The van der Waals surface area contributed by atoms with Crippen molar-refractivity contribution < 1.29 is 34.2 Å². The summed E-state index contributed by atoms with van der Waals surface area (Å²) in [5.74, 6) is -4.57. The van der Waals surface area contributed by atoms with E-state index in [9.17, 15) is 24.0 Å². The minimum atomic E-state index is -1.51. The highest BCUT2D eigenvalue weighted by atomic mass is 16.4. The van der Waals surface area contributed by atoms with Gasteiger partial charge in [0.25, 0.3) is 0 Å². The maximum Gasteiger partial charge on any atom is 0.328 e. The second-order valence-corrected chi connectivity index (χ2v) is 6.39. The SMILES string of the molecule is NC(=O)CC(N)C(=O)NC(Cc1ccccc1)C(=O)NCC(=O)NC(CO)C(=O)O. The predicted molar refractivity (Wildman–Crippen MR) is 104 cm³/mol. The normalized spacial score (nSPS) is 13.4. The third kappa shape index (κ3) is 8.67. The fourth-order valence-electron chi connectivity index (χ4n) is 2.37. The number of carboxylic acid groups (broad SMARTS) is 1. The van der Waals surface area contributed by atoms with Gasteiger partial charge in [0.05, 0.1) is 25.6 Å². The molecule has 0 aliphatic carbocycles. The van der Waals surface area contributed by atoms with Crippen LogP contribution in [0.2, 0.25) is 0 Å². The van der Waals surface area contributed by atoms with E-state index in [1.165, 1.54) is 0 Å². The molecular formula is C18H25N5O7. The largest absolute Gasteiger partial charge is 0.480 e. The summed E-state index contributed by atoms with van der Waals surface area (Å²) in [7, 11) is 0. The highest BCUT2D eigenvalue weighted by molar-refractivity contribution is 5.94. The third-order valence-corrected chi connectivity index (χ3v) is 3.91. The summed E-state index contributed by atoms with van der Waals surface area (Å²) in [5.41, 5.74) is 11.3. The van der Waals surface area contributed by atoms with Crippen LogP contribution in [0.4, 0.5) is 0 Å². The van der Waals surface area contributed by atoms with E-state index in [0.29, 0.717) is 5.56 Å². The van der Waals surface area contributed by atoms with E-state index < -0.39 is 67.3 Å². The number of carbonyl (C=O) groups excluding carboxylic acids is 4. The van der Waals surface area contributed by atoms with Gasteiger partial charge in [-0.15, -0.1) is 0 Å². The maximum absolute atomic E-state index is 12.5. The molecule has 12 nitrogen and oxygen atoms in total. The van der Waals surface area contributed by atoms with E-state index >= 15 is 0 Å². The lowest BCUT2D eigenvalue weighted by Crippen LogP contribution is -2.54. The molecule has 4 amide bonds. The van der Waals surface area contributed by atoms with E-state index in [4.69, 9.17) is 21.7 Å². The summed E-state index contributed by atoms with van der Waals surface area (Å²) < 4.78 is 0. The van der Waals surface area contributed by atoms with Gasteiger partial charge in [-0.1, -0.05) is 30.3 Å². The number of nitrogens with two attached hydrogens (primary N) is 2. The highest BCUT2D eigenvalue weighted by Gasteiger charge is 2.26. The average Bonchev–Trinajstić information content (AvgIpc) is 2.69. The average molecular weight is 423 g/mol. The molecular weight excluding hydrogens is 398 g/mol. The molecule has 1 rings (SSSR count). The van der Waals surface area contributed by atoms with Crippen molar-refractivity contribution in [3.63, 3.8) is 0 Å². The molecule has 1 aromatic rings. The van der Waals surface area contributed by atoms with Crippen LogP contribution in [-0.4, -0.2) is 71.1 Å². The van der Waals surface area contributed by atoms with Gasteiger partial charge in [0, 0.05) is 6.42 Å². The van der Waals surface area contributed by atoms with E-state index in [1.54, 1.807) is 30.3 Å². The van der Waals surface area contributed by atoms with Crippen molar-refractivity contribution in [3.05, 3.63) is 35.9 Å². The van der Waals surface area contributed by atoms with E-state index in [-0.39, 0.29) is 6.42 Å². The molecule has 0 radical (unpaired) electrons. The third-order valence-electron chi connectivity index (χ3n) is 3.91. The van der Waals surface area contributed by atoms with E-state index in [2.05, 4.69) is 10.6 Å². The maximum atomic E-state index is 12.5. The van der Waals surface area contributed by atoms with Crippen LogP contribution in [0.1, 0.15) is 12.0 Å². The molecule has 0 bridgehead atoms. The van der Waals surface area contributed by atoms with Gasteiger partial charge >= 0.3 is 5.97 Å². The first-order chi connectivity index (χ1) is 14.1. The van der Waals surface area contributed by atoms with Crippen LogP contribution >= 0.6 is 0 Å². The molecule has 0 fully saturated rings. The Labute approximate surface area is 172 Å². The van der Waals surface area contributed by atoms with Gasteiger partial charge in [-0.25, -0.2) is 4.79 Å². The summed E-state index contributed by atoms with van der Waals surface area (Å²) >= 11 is 0. The number of nitrogens with one attached hydrogen (secondary N) is 3. The summed E-state index contributed by atoms with van der Waals surface area (Å²) in [4.78, 5) is 58.3. The molecule has 12 heteroatoms. The number of amides is 4. The monoisotopic (exact) mass is 423 g/mol. The van der Waals surface area contributed by atoms with Crippen molar-refractivity contribution in [2.75, 3.05) is 13.2 Å². The number of carbonyl (C=O) groups is 5. The number of hydrogen-bond acceptors (Lipinski definition) is 7. The van der Waals surface area contributed by atoms with Gasteiger partial charge in [0.1, 0.15) is 12.1 Å². The number of benzene rings is 1. The Morgan fingerprint density at radius 2 is 1.60 bits per heavy atom. The van der Waals surface area contributed by atoms with Crippen LogP contribution in [0.3, 0.4) is 0 Å². The summed E-state index contributed by atoms with van der Waals surface area (Å²) in [6.45, 7) is -1.41. The van der Waals surface area contributed by atoms with Gasteiger partial charge in [-0.2, -0.15) is 0 Å². The van der Waals surface area contributed by atoms with Crippen LogP contribution in [0, 0.1) is 0 Å². The highest BCUT2D eigenvalue weighted by Crippen LogP contribution is 2.04. The molecule has 0 saturated carbocycles. The smallest absolute Gasteiger partial charge is 0.328 e. The fourth-order valence-corrected chi connectivity index (χ4v) is 2.37. The number of primary amides is 1. The number of aliphatic carboxylic acids is 1. The molecule has 3 atom stereocenters. The lowest BCUT2D eigenvalue weighted by atomic mass is 10.0. The van der Waals surface area contributed by atoms with Gasteiger partial charge < -0.3 is 37.6 Å². The molecule has 9 N–H and O–H groups in total. The van der Waals surface area contributed by atoms with Crippen LogP contribution in [0.5, 0.6) is 0 Å². The summed E-state index contributed by atoms with van der Waals surface area (Å²) in [6, 6.07) is 4.80. The Hall–Kier alpha value is -3.51. The van der Waals surface area contributed by atoms with Crippen molar-refractivity contribution in [1.29, 1.82) is 0 Å². The quantitative estimate of drug-likeness (QED) is 0.179. The predicted octanol–water partition coefficient (Wildman–Crippen LogP) is -3.41. The first kappa shape index (κ1) is 24.5. The number of aliphatic hydroxyl groups is 1. The molecule has 0 spiro atoms. The molecule has 0 heterocycles. The Morgan fingerprint density at radius 3 is 2.13 bits per heavy atom. The topological polar surface area (TPSA) is 214 Å². The van der Waals surface area contributed by atoms with Crippen molar-refractivity contribution in [3.8, 4) is 0 Å². The lowest BCUT2D eigenvalue weighted by molar-refractivity contribution is -0.142. The minimum absolute atomic E-state index is 0.0672. The van der Waals surface area contributed by atoms with Crippen LogP contribution in [0.15, 0.2) is 30.3 Å².